The summed E-state index contributed by atoms with van der Waals surface area (Å²) < 4.78 is 1.73. The maximum Gasteiger partial charge on any atom is 0.306 e. The molecule has 0 saturated heterocycles. The van der Waals surface area contributed by atoms with Gasteiger partial charge in [-0.05, 0) is 18.3 Å². The topological polar surface area (TPSA) is 61.0 Å². The Bertz CT molecular complexity index is 411. The van der Waals surface area contributed by atoms with Crippen molar-refractivity contribution in [3.8, 4) is 0 Å². The van der Waals surface area contributed by atoms with Crippen molar-refractivity contribution in [2.24, 2.45) is 5.41 Å². The summed E-state index contributed by atoms with van der Waals surface area (Å²) in [6, 6.07) is 0. The van der Waals surface area contributed by atoms with E-state index in [0.717, 1.165) is 11.9 Å². The Kier molecular flexibility index (Phi) is 4.37. The summed E-state index contributed by atoms with van der Waals surface area (Å²) in [5.41, 5.74) is 0.282. The average molecular weight is 316 g/mol. The van der Waals surface area contributed by atoms with E-state index in [1.54, 1.807) is 4.68 Å². The largest absolute Gasteiger partial charge is 0.306 e. The van der Waals surface area contributed by atoms with Crippen LogP contribution in [0.3, 0.4) is 0 Å². The Labute approximate surface area is 115 Å². The molecule has 0 bridgehead atoms. The maximum atomic E-state index is 10.7. The Hall–Kier alpha value is -0.910. The molecule has 1 aromatic rings. The smallest absolute Gasteiger partial charge is 0.265 e. The zero-order chi connectivity index (χ0) is 13.0. The molecule has 0 aliphatic heterocycles. The van der Waals surface area contributed by atoms with Gasteiger partial charge in [0.05, 0.1) is 4.92 Å². The van der Waals surface area contributed by atoms with Gasteiger partial charge in [0.25, 0.3) is 0 Å². The van der Waals surface area contributed by atoms with Gasteiger partial charge in [-0.1, -0.05) is 41.6 Å². The maximum absolute atomic E-state index is 10.7. The van der Waals surface area contributed by atoms with E-state index < -0.39 is 4.92 Å². The molecular formula is C12H18BrN3O2. The summed E-state index contributed by atoms with van der Waals surface area (Å²) in [7, 11) is 0. The molecule has 0 radical (unpaired) electrons. The second kappa shape index (κ2) is 5.82. The lowest BCUT2D eigenvalue weighted by Gasteiger charge is -2.30. The SMILES string of the molecule is O=[N+]([O-])c1cnn(CC2(CBr)CCCCCC2)c1. The van der Waals surface area contributed by atoms with Crippen molar-refractivity contribution in [2.75, 3.05) is 5.33 Å². The van der Waals surface area contributed by atoms with Crippen LogP contribution in [0.25, 0.3) is 0 Å². The molecule has 0 atom stereocenters. The molecule has 100 valence electrons. The average Bonchev–Trinajstić information content (AvgIpc) is 2.69. The van der Waals surface area contributed by atoms with Crippen LogP contribution in [0, 0.1) is 15.5 Å². The first-order chi connectivity index (χ1) is 8.65. The van der Waals surface area contributed by atoms with E-state index in [0.29, 0.717) is 0 Å². The van der Waals surface area contributed by atoms with Crippen molar-refractivity contribution >= 4 is 21.6 Å². The van der Waals surface area contributed by atoms with Crippen LogP contribution in [0.4, 0.5) is 5.69 Å². The van der Waals surface area contributed by atoms with E-state index in [9.17, 15) is 10.1 Å². The molecule has 0 N–H and O–H groups in total. The monoisotopic (exact) mass is 315 g/mol. The Morgan fingerprint density at radius 2 is 2.06 bits per heavy atom. The quantitative estimate of drug-likeness (QED) is 0.369. The highest BCUT2D eigenvalue weighted by Gasteiger charge is 2.31. The first-order valence-corrected chi connectivity index (χ1v) is 7.50. The standard InChI is InChI=1S/C12H18BrN3O2/c13-9-12(5-3-1-2-4-6-12)10-15-8-11(7-14-15)16(17)18/h7-8H,1-6,9-10H2. The normalized spacial score (nSPS) is 19.4. The van der Waals surface area contributed by atoms with Gasteiger partial charge in [-0.25, -0.2) is 0 Å². The summed E-state index contributed by atoms with van der Waals surface area (Å²) >= 11 is 3.62. The van der Waals surface area contributed by atoms with Crippen molar-refractivity contribution < 1.29 is 4.92 Å². The first kappa shape index (κ1) is 13.5. The molecule has 0 spiro atoms. The zero-order valence-corrected chi connectivity index (χ0v) is 11.9. The Morgan fingerprint density at radius 1 is 1.39 bits per heavy atom. The van der Waals surface area contributed by atoms with Gasteiger partial charge in [0, 0.05) is 11.9 Å². The molecule has 0 aromatic carbocycles. The molecule has 6 heteroatoms. The fraction of sp³-hybridized carbons (Fsp3) is 0.750. The minimum Gasteiger partial charge on any atom is -0.265 e. The van der Waals surface area contributed by atoms with Crippen molar-refractivity contribution in [2.45, 2.75) is 45.1 Å². The summed E-state index contributed by atoms with van der Waals surface area (Å²) in [6.07, 6.45) is 10.3. The molecule has 5 nitrogen and oxygen atoms in total. The van der Waals surface area contributed by atoms with E-state index in [4.69, 9.17) is 0 Å². The number of rotatable bonds is 4. The summed E-state index contributed by atoms with van der Waals surface area (Å²) in [4.78, 5) is 10.3. The number of hydrogen-bond acceptors (Lipinski definition) is 3. The van der Waals surface area contributed by atoms with Gasteiger partial charge in [0.2, 0.25) is 0 Å². The fourth-order valence-corrected chi connectivity index (χ4v) is 3.43. The number of nitrogens with zero attached hydrogens (tertiary/aromatic N) is 3. The van der Waals surface area contributed by atoms with Crippen LogP contribution in [-0.2, 0) is 6.54 Å². The molecule has 1 aromatic heterocycles. The number of aromatic nitrogens is 2. The minimum absolute atomic E-state index is 0.0772. The van der Waals surface area contributed by atoms with E-state index in [-0.39, 0.29) is 11.1 Å². The first-order valence-electron chi connectivity index (χ1n) is 6.38. The van der Waals surface area contributed by atoms with Crippen molar-refractivity contribution in [1.29, 1.82) is 0 Å². The lowest BCUT2D eigenvalue weighted by atomic mass is 9.82. The number of hydrogen-bond donors (Lipinski definition) is 0. The van der Waals surface area contributed by atoms with Crippen LogP contribution in [0.2, 0.25) is 0 Å². The third-order valence-electron chi connectivity index (χ3n) is 3.78. The van der Waals surface area contributed by atoms with Crippen LogP contribution < -0.4 is 0 Å². The van der Waals surface area contributed by atoms with Crippen LogP contribution in [-0.4, -0.2) is 20.0 Å². The highest BCUT2D eigenvalue weighted by Crippen LogP contribution is 2.38. The van der Waals surface area contributed by atoms with Crippen molar-refractivity contribution in [3.05, 3.63) is 22.5 Å². The van der Waals surface area contributed by atoms with Crippen LogP contribution in [0.15, 0.2) is 12.4 Å². The minimum atomic E-state index is -0.391. The van der Waals surface area contributed by atoms with E-state index in [2.05, 4.69) is 21.0 Å². The summed E-state index contributed by atoms with van der Waals surface area (Å²) in [5.74, 6) is 0. The van der Waals surface area contributed by atoms with Crippen LogP contribution in [0.1, 0.15) is 38.5 Å². The molecule has 1 heterocycles. The molecule has 1 fully saturated rings. The second-order valence-corrected chi connectivity index (χ2v) is 5.76. The van der Waals surface area contributed by atoms with Gasteiger partial charge in [-0.15, -0.1) is 0 Å². The summed E-state index contributed by atoms with van der Waals surface area (Å²) in [6.45, 7) is 0.770. The van der Waals surface area contributed by atoms with Crippen LogP contribution in [0.5, 0.6) is 0 Å². The molecule has 2 rings (SSSR count). The van der Waals surface area contributed by atoms with E-state index >= 15 is 0 Å². The second-order valence-electron chi connectivity index (χ2n) is 5.20. The number of nitro groups is 1. The Balaban J connectivity index is 2.10. The van der Waals surface area contributed by atoms with Gasteiger partial charge < -0.3 is 0 Å². The molecule has 18 heavy (non-hydrogen) atoms. The van der Waals surface area contributed by atoms with Gasteiger partial charge in [-0.2, -0.15) is 5.10 Å². The Morgan fingerprint density at radius 3 is 2.56 bits per heavy atom. The third kappa shape index (κ3) is 3.10. The van der Waals surface area contributed by atoms with E-state index in [1.807, 2.05) is 0 Å². The highest BCUT2D eigenvalue weighted by molar-refractivity contribution is 9.09. The van der Waals surface area contributed by atoms with Gasteiger partial charge >= 0.3 is 5.69 Å². The number of halogens is 1. The lowest BCUT2D eigenvalue weighted by molar-refractivity contribution is -0.385. The number of alkyl halides is 1. The van der Waals surface area contributed by atoms with Gasteiger partial charge in [-0.3, -0.25) is 14.8 Å². The summed E-state index contributed by atoms with van der Waals surface area (Å²) in [5, 5.41) is 15.7. The molecular weight excluding hydrogens is 298 g/mol. The van der Waals surface area contributed by atoms with Gasteiger partial charge in [0.15, 0.2) is 0 Å². The predicted octanol–water partition coefficient (Wildman–Crippen LogP) is 3.53. The molecule has 1 aliphatic rings. The fourth-order valence-electron chi connectivity index (χ4n) is 2.69. The molecule has 1 aliphatic carbocycles. The van der Waals surface area contributed by atoms with Gasteiger partial charge in [0.1, 0.15) is 12.4 Å². The van der Waals surface area contributed by atoms with Crippen molar-refractivity contribution in [3.63, 3.8) is 0 Å². The lowest BCUT2D eigenvalue weighted by Crippen LogP contribution is -2.28. The molecule has 0 amide bonds. The molecule has 0 unspecified atom stereocenters. The molecule has 1 saturated carbocycles. The predicted molar refractivity (Wildman–Crippen MR) is 72.8 cm³/mol. The van der Waals surface area contributed by atoms with Crippen LogP contribution >= 0.6 is 15.9 Å². The highest BCUT2D eigenvalue weighted by atomic mass is 79.9. The van der Waals surface area contributed by atoms with E-state index in [1.165, 1.54) is 50.9 Å². The van der Waals surface area contributed by atoms with Crippen molar-refractivity contribution in [1.82, 2.24) is 9.78 Å². The zero-order valence-electron chi connectivity index (χ0n) is 10.3. The third-order valence-corrected chi connectivity index (χ3v) is 4.97.